The lowest BCUT2D eigenvalue weighted by molar-refractivity contribution is -0.131. The first-order valence-corrected chi connectivity index (χ1v) is 12.2. The molecule has 0 bridgehead atoms. The third-order valence-corrected chi connectivity index (χ3v) is 7.45. The summed E-state index contributed by atoms with van der Waals surface area (Å²) >= 11 is 1.58. The van der Waals surface area contributed by atoms with E-state index < -0.39 is 0 Å². The van der Waals surface area contributed by atoms with E-state index in [4.69, 9.17) is 9.97 Å². The largest absolute Gasteiger partial charge is 0.342 e. The molecule has 0 spiro atoms. The molecule has 7 nitrogen and oxygen atoms in total. The van der Waals surface area contributed by atoms with Gasteiger partial charge in [0.25, 0.3) is 0 Å². The Labute approximate surface area is 186 Å². The van der Waals surface area contributed by atoms with Crippen molar-refractivity contribution in [2.45, 2.75) is 64.7 Å². The van der Waals surface area contributed by atoms with Crippen molar-refractivity contribution < 1.29 is 9.59 Å². The number of piperidine rings is 1. The standard InChI is InChI=1S/C23H29N5O2S/c1-14-19-7-8-20(29)28(11-16-5-6-16)23(19)26-22(24-14)17-4-3-9-27(12-17)21(30)10-18-13-31-15(2)25-18/h13,16-17H,3-12H2,1-2H3. The average molecular weight is 440 g/mol. The second kappa shape index (κ2) is 8.30. The molecular weight excluding hydrogens is 410 g/mol. The predicted molar refractivity (Wildman–Crippen MR) is 119 cm³/mol. The molecule has 8 heteroatoms. The lowest BCUT2D eigenvalue weighted by atomic mass is 9.95. The third kappa shape index (κ3) is 4.35. The maximum Gasteiger partial charge on any atom is 0.228 e. The van der Waals surface area contributed by atoms with Crippen LogP contribution in [0, 0.1) is 19.8 Å². The lowest BCUT2D eigenvalue weighted by Crippen LogP contribution is -2.41. The van der Waals surface area contributed by atoms with Crippen LogP contribution in [0.1, 0.15) is 65.8 Å². The SMILES string of the molecule is Cc1nc(CC(=O)N2CCCC(c3nc(C)c4c(n3)N(CC3CC3)C(=O)CC4)C2)cs1. The van der Waals surface area contributed by atoms with Crippen LogP contribution in [0.15, 0.2) is 5.38 Å². The molecule has 1 aliphatic carbocycles. The molecule has 0 aromatic carbocycles. The minimum atomic E-state index is 0.110. The van der Waals surface area contributed by atoms with E-state index in [0.717, 1.165) is 66.0 Å². The summed E-state index contributed by atoms with van der Waals surface area (Å²) in [4.78, 5) is 43.6. The number of hydrogen-bond donors (Lipinski definition) is 0. The highest BCUT2D eigenvalue weighted by Gasteiger charge is 2.34. The van der Waals surface area contributed by atoms with Crippen molar-refractivity contribution in [2.24, 2.45) is 5.92 Å². The van der Waals surface area contributed by atoms with Crippen LogP contribution in [0.5, 0.6) is 0 Å². The summed E-state index contributed by atoms with van der Waals surface area (Å²) < 4.78 is 0. The van der Waals surface area contributed by atoms with Crippen molar-refractivity contribution in [1.82, 2.24) is 19.9 Å². The van der Waals surface area contributed by atoms with Gasteiger partial charge in [0.05, 0.1) is 17.1 Å². The van der Waals surface area contributed by atoms with Crippen LogP contribution in [0.3, 0.4) is 0 Å². The number of aryl methyl sites for hydroxylation is 2. The topological polar surface area (TPSA) is 79.3 Å². The maximum atomic E-state index is 12.9. The molecule has 3 aliphatic rings. The van der Waals surface area contributed by atoms with Gasteiger partial charge in [-0.2, -0.15) is 0 Å². The van der Waals surface area contributed by atoms with E-state index >= 15 is 0 Å². The van der Waals surface area contributed by atoms with Gasteiger partial charge in [0.1, 0.15) is 11.6 Å². The van der Waals surface area contributed by atoms with Gasteiger partial charge in [0.2, 0.25) is 11.8 Å². The van der Waals surface area contributed by atoms with E-state index in [1.54, 1.807) is 11.3 Å². The van der Waals surface area contributed by atoms with Gasteiger partial charge in [-0.25, -0.2) is 15.0 Å². The van der Waals surface area contributed by atoms with Crippen LogP contribution in [0.25, 0.3) is 0 Å². The van der Waals surface area contributed by atoms with E-state index in [0.29, 0.717) is 25.3 Å². The van der Waals surface area contributed by atoms with Crippen molar-refractivity contribution >= 4 is 29.0 Å². The highest BCUT2D eigenvalue weighted by Crippen LogP contribution is 2.36. The molecule has 2 amide bonds. The lowest BCUT2D eigenvalue weighted by Gasteiger charge is -2.34. The predicted octanol–water partition coefficient (Wildman–Crippen LogP) is 3.19. The number of amides is 2. The summed E-state index contributed by atoms with van der Waals surface area (Å²) in [5, 5.41) is 2.96. The second-order valence-electron chi connectivity index (χ2n) is 9.13. The first-order chi connectivity index (χ1) is 15.0. The van der Waals surface area contributed by atoms with Gasteiger partial charge in [0.15, 0.2) is 0 Å². The molecule has 1 atom stereocenters. The zero-order chi connectivity index (χ0) is 21.5. The summed E-state index contributed by atoms with van der Waals surface area (Å²) in [6.07, 6.45) is 5.94. The number of anilines is 1. The Bertz CT molecular complexity index is 1020. The Morgan fingerprint density at radius 1 is 1.16 bits per heavy atom. The average Bonchev–Trinajstić information content (AvgIpc) is 3.49. The monoisotopic (exact) mass is 439 g/mol. The summed E-state index contributed by atoms with van der Waals surface area (Å²) in [6, 6.07) is 0. The molecule has 5 rings (SSSR count). The van der Waals surface area contributed by atoms with Crippen molar-refractivity contribution in [3.8, 4) is 0 Å². The molecule has 2 aromatic heterocycles. The number of rotatable bonds is 5. The van der Waals surface area contributed by atoms with Crippen molar-refractivity contribution in [2.75, 3.05) is 24.5 Å². The van der Waals surface area contributed by atoms with E-state index in [2.05, 4.69) is 4.98 Å². The van der Waals surface area contributed by atoms with E-state index in [1.165, 1.54) is 12.8 Å². The summed E-state index contributed by atoms with van der Waals surface area (Å²) in [5.74, 6) is 2.64. The highest BCUT2D eigenvalue weighted by molar-refractivity contribution is 7.09. The Hall–Kier alpha value is -2.35. The molecule has 4 heterocycles. The van der Waals surface area contributed by atoms with Gasteiger partial charge in [-0.15, -0.1) is 11.3 Å². The van der Waals surface area contributed by atoms with Crippen molar-refractivity contribution in [3.05, 3.63) is 33.2 Å². The number of thiazole rings is 1. The van der Waals surface area contributed by atoms with Crippen LogP contribution in [-0.4, -0.2) is 51.3 Å². The molecule has 1 saturated carbocycles. The van der Waals surface area contributed by atoms with E-state index in [1.807, 2.05) is 29.0 Å². The number of carbonyl (C=O) groups excluding carboxylic acids is 2. The van der Waals surface area contributed by atoms with Gasteiger partial charge < -0.3 is 4.90 Å². The van der Waals surface area contributed by atoms with Gasteiger partial charge >= 0.3 is 0 Å². The molecule has 1 saturated heterocycles. The zero-order valence-corrected chi connectivity index (χ0v) is 19.1. The molecule has 2 fully saturated rings. The van der Waals surface area contributed by atoms with Crippen LogP contribution in [0.4, 0.5) is 5.82 Å². The Morgan fingerprint density at radius 3 is 2.74 bits per heavy atom. The van der Waals surface area contributed by atoms with Crippen LogP contribution >= 0.6 is 11.3 Å². The minimum absolute atomic E-state index is 0.110. The molecule has 0 N–H and O–H groups in total. The smallest absolute Gasteiger partial charge is 0.228 e. The van der Waals surface area contributed by atoms with Crippen LogP contribution in [-0.2, 0) is 22.4 Å². The molecule has 1 unspecified atom stereocenters. The fourth-order valence-electron chi connectivity index (χ4n) is 4.70. The third-order valence-electron chi connectivity index (χ3n) is 6.63. The number of likely N-dealkylation sites (tertiary alicyclic amines) is 1. The number of nitrogens with zero attached hydrogens (tertiary/aromatic N) is 5. The van der Waals surface area contributed by atoms with Gasteiger partial charge in [-0.05, 0) is 51.9 Å². The maximum absolute atomic E-state index is 12.9. The fourth-order valence-corrected chi connectivity index (χ4v) is 5.32. The molecular formula is C23H29N5O2S. The van der Waals surface area contributed by atoms with Crippen LogP contribution in [0.2, 0.25) is 0 Å². The Balaban J connectivity index is 1.35. The van der Waals surface area contributed by atoms with Crippen LogP contribution < -0.4 is 4.90 Å². The molecule has 2 aliphatic heterocycles. The van der Waals surface area contributed by atoms with Gasteiger partial charge in [-0.1, -0.05) is 0 Å². The summed E-state index contributed by atoms with van der Waals surface area (Å²) in [5.41, 5.74) is 2.95. The summed E-state index contributed by atoms with van der Waals surface area (Å²) in [6.45, 7) is 6.18. The Morgan fingerprint density at radius 2 is 2.00 bits per heavy atom. The van der Waals surface area contributed by atoms with E-state index in [9.17, 15) is 9.59 Å². The number of carbonyl (C=O) groups is 2. The molecule has 31 heavy (non-hydrogen) atoms. The first-order valence-electron chi connectivity index (χ1n) is 11.3. The minimum Gasteiger partial charge on any atom is -0.342 e. The molecule has 2 aromatic rings. The molecule has 0 radical (unpaired) electrons. The number of aromatic nitrogens is 3. The normalized spacial score (nSPS) is 21.4. The number of fused-ring (bicyclic) bond motifs is 1. The quantitative estimate of drug-likeness (QED) is 0.715. The zero-order valence-electron chi connectivity index (χ0n) is 18.3. The molecule has 164 valence electrons. The van der Waals surface area contributed by atoms with E-state index in [-0.39, 0.29) is 17.7 Å². The fraction of sp³-hybridized carbons (Fsp3) is 0.609. The second-order valence-corrected chi connectivity index (χ2v) is 10.2. The van der Waals surface area contributed by atoms with Gasteiger partial charge in [0, 0.05) is 48.6 Å². The highest BCUT2D eigenvalue weighted by atomic mass is 32.1. The summed E-state index contributed by atoms with van der Waals surface area (Å²) in [7, 11) is 0. The first kappa shape index (κ1) is 20.5. The van der Waals surface area contributed by atoms with Crippen molar-refractivity contribution in [3.63, 3.8) is 0 Å². The van der Waals surface area contributed by atoms with Crippen molar-refractivity contribution in [1.29, 1.82) is 0 Å². The Kier molecular flexibility index (Phi) is 5.50. The van der Waals surface area contributed by atoms with Gasteiger partial charge in [-0.3, -0.25) is 14.5 Å². The number of hydrogen-bond acceptors (Lipinski definition) is 6.